The van der Waals surface area contributed by atoms with Gasteiger partial charge in [-0.2, -0.15) is 0 Å². The Kier molecular flexibility index (Phi) is 5.74. The van der Waals surface area contributed by atoms with Crippen LogP contribution >= 0.6 is 11.3 Å². The Morgan fingerprint density at radius 1 is 0.364 bits per heavy atom. The van der Waals surface area contributed by atoms with Crippen molar-refractivity contribution in [2.24, 2.45) is 0 Å². The zero-order valence-corrected chi connectivity index (χ0v) is 30.2. The van der Waals surface area contributed by atoms with E-state index in [2.05, 4.69) is 179 Å². The molecule has 12 aromatic rings. The molecule has 0 atom stereocenters. The second-order valence-electron chi connectivity index (χ2n) is 14.5. The lowest BCUT2D eigenvalue weighted by atomic mass is 9.93. The fraction of sp³-hybridized carbons (Fsp3) is 0. The van der Waals surface area contributed by atoms with Crippen LogP contribution in [0.5, 0.6) is 0 Å². The van der Waals surface area contributed by atoms with Gasteiger partial charge in [0.25, 0.3) is 0 Å². The predicted octanol–water partition coefficient (Wildman–Crippen LogP) is 13.5. The highest BCUT2D eigenvalue weighted by Crippen LogP contribution is 2.50. The van der Waals surface area contributed by atoms with Crippen LogP contribution in [0, 0.1) is 0 Å². The molecule has 4 heterocycles. The molecule has 0 fully saturated rings. The number of hydrogen-bond acceptors (Lipinski definition) is 3. The van der Waals surface area contributed by atoms with Gasteiger partial charge in [0.2, 0.25) is 5.95 Å². The number of hydrogen-bond donors (Lipinski definition) is 0. The number of rotatable bonds is 3. The van der Waals surface area contributed by atoms with E-state index in [4.69, 9.17) is 9.97 Å². The molecule has 0 N–H and O–H groups in total. The molecule has 55 heavy (non-hydrogen) atoms. The van der Waals surface area contributed by atoms with E-state index in [0.717, 1.165) is 43.7 Å². The van der Waals surface area contributed by atoms with Crippen LogP contribution in [0.1, 0.15) is 0 Å². The number of benzene rings is 8. The third-order valence-corrected chi connectivity index (χ3v) is 12.8. The SMILES string of the molecule is c1ccc(-n2c3ccccc3c3c(-c4nc(-n5c6cccc7c6c6c(cccc65)-c5cccc6cccc-7c56)nc5sc6ccccc6c45)cccc32)cc1. The molecule has 0 amide bonds. The molecule has 0 saturated heterocycles. The first-order valence-electron chi connectivity index (χ1n) is 18.7. The first kappa shape index (κ1) is 29.4. The van der Waals surface area contributed by atoms with Gasteiger partial charge in [-0.25, -0.2) is 9.97 Å². The number of para-hydroxylation sites is 2. The maximum atomic E-state index is 5.71. The van der Waals surface area contributed by atoms with Crippen molar-refractivity contribution in [3.05, 3.63) is 170 Å². The monoisotopic (exact) mass is 716 g/mol. The lowest BCUT2D eigenvalue weighted by Crippen LogP contribution is -2.03. The normalized spacial score (nSPS) is 12.4. The molecule has 0 spiro atoms. The molecule has 0 radical (unpaired) electrons. The van der Waals surface area contributed by atoms with Crippen molar-refractivity contribution in [3.8, 4) is 45.1 Å². The minimum absolute atomic E-state index is 0.680. The van der Waals surface area contributed by atoms with Crippen LogP contribution in [0.15, 0.2) is 170 Å². The summed E-state index contributed by atoms with van der Waals surface area (Å²) in [5, 5.41) is 9.71. The van der Waals surface area contributed by atoms with Gasteiger partial charge in [-0.1, -0.05) is 127 Å². The van der Waals surface area contributed by atoms with E-state index in [0.29, 0.717) is 5.95 Å². The maximum Gasteiger partial charge on any atom is 0.236 e. The average Bonchev–Trinajstić information content (AvgIpc) is 3.88. The first-order valence-corrected chi connectivity index (χ1v) is 19.5. The standard InChI is InChI=1S/C50H28N4S/c1-2-15-30(16-3-1)53-38-24-6-4-17-35(38)44-37(23-12-25-39(44)53)48-47-36-18-5-7-28-42(36)55-49(47)52-50(51-48)54-40-26-10-21-33-31-19-8-13-29-14-9-20-32(43(29)31)34-22-11-27-41(54)46(34)45(33)40/h1-28H. The first-order chi connectivity index (χ1) is 27.3. The summed E-state index contributed by atoms with van der Waals surface area (Å²) in [6.45, 7) is 0. The van der Waals surface area contributed by atoms with Gasteiger partial charge in [-0.05, 0) is 75.5 Å². The van der Waals surface area contributed by atoms with Crippen LogP contribution in [-0.4, -0.2) is 19.1 Å². The van der Waals surface area contributed by atoms with E-state index in [9.17, 15) is 0 Å². The van der Waals surface area contributed by atoms with E-state index in [1.54, 1.807) is 11.3 Å². The van der Waals surface area contributed by atoms with Gasteiger partial charge in [0.05, 0.1) is 27.8 Å². The van der Waals surface area contributed by atoms with Gasteiger partial charge in [-0.3, -0.25) is 4.57 Å². The second kappa shape index (κ2) is 10.8. The molecule has 1 aliphatic carbocycles. The molecule has 1 aliphatic rings. The largest absolute Gasteiger partial charge is 0.309 e. The third kappa shape index (κ3) is 3.84. The van der Waals surface area contributed by atoms with Crippen molar-refractivity contribution in [1.82, 2.24) is 19.1 Å². The molecule has 13 rings (SSSR count). The molecule has 5 heteroatoms. The minimum atomic E-state index is 0.680. The second-order valence-corrected chi connectivity index (χ2v) is 15.5. The Morgan fingerprint density at radius 2 is 0.909 bits per heavy atom. The molecular formula is C50H28N4S. The van der Waals surface area contributed by atoms with E-state index in [-0.39, 0.29) is 0 Å². The Labute approximate surface area is 318 Å². The van der Waals surface area contributed by atoms with Gasteiger partial charge >= 0.3 is 0 Å². The fourth-order valence-electron chi connectivity index (χ4n) is 9.54. The van der Waals surface area contributed by atoms with Crippen LogP contribution < -0.4 is 0 Å². The van der Waals surface area contributed by atoms with Crippen LogP contribution in [0.3, 0.4) is 0 Å². The highest BCUT2D eigenvalue weighted by Gasteiger charge is 2.27. The molecule has 0 aliphatic heterocycles. The summed E-state index contributed by atoms with van der Waals surface area (Å²) in [5.41, 5.74) is 12.7. The number of fused-ring (bicyclic) bond motifs is 8. The van der Waals surface area contributed by atoms with Gasteiger partial charge < -0.3 is 4.57 Å². The van der Waals surface area contributed by atoms with Crippen molar-refractivity contribution in [3.63, 3.8) is 0 Å². The fourth-order valence-corrected chi connectivity index (χ4v) is 10.6. The Hall–Kier alpha value is -7.08. The predicted molar refractivity (Wildman–Crippen MR) is 231 cm³/mol. The van der Waals surface area contributed by atoms with E-state index < -0.39 is 0 Å². The molecule has 4 nitrogen and oxygen atoms in total. The van der Waals surface area contributed by atoms with Gasteiger partial charge in [0.15, 0.2) is 0 Å². The van der Waals surface area contributed by atoms with Gasteiger partial charge in [0, 0.05) is 48.3 Å². The van der Waals surface area contributed by atoms with Crippen LogP contribution in [0.2, 0.25) is 0 Å². The topological polar surface area (TPSA) is 35.6 Å². The Balaban J connectivity index is 1.18. The molecule has 0 unspecified atom stereocenters. The number of aromatic nitrogens is 4. The summed E-state index contributed by atoms with van der Waals surface area (Å²) >= 11 is 1.74. The maximum absolute atomic E-state index is 5.71. The molecule has 8 aromatic carbocycles. The van der Waals surface area contributed by atoms with Crippen molar-refractivity contribution in [1.29, 1.82) is 0 Å². The van der Waals surface area contributed by atoms with Crippen molar-refractivity contribution in [2.45, 2.75) is 0 Å². The van der Waals surface area contributed by atoms with Gasteiger partial charge in [-0.15, -0.1) is 11.3 Å². The summed E-state index contributed by atoms with van der Waals surface area (Å²) < 4.78 is 5.90. The zero-order valence-electron chi connectivity index (χ0n) is 29.4. The quantitative estimate of drug-likeness (QED) is 0.182. The molecule has 254 valence electrons. The Morgan fingerprint density at radius 3 is 1.62 bits per heavy atom. The van der Waals surface area contributed by atoms with Crippen LogP contribution in [0.4, 0.5) is 0 Å². The van der Waals surface area contributed by atoms with Gasteiger partial charge in [0.1, 0.15) is 4.83 Å². The lowest BCUT2D eigenvalue weighted by molar-refractivity contribution is 1.02. The third-order valence-electron chi connectivity index (χ3n) is 11.7. The summed E-state index contributed by atoms with van der Waals surface area (Å²) in [5.74, 6) is 0.680. The average molecular weight is 717 g/mol. The van der Waals surface area contributed by atoms with E-state index in [1.165, 1.54) is 70.2 Å². The smallest absolute Gasteiger partial charge is 0.236 e. The van der Waals surface area contributed by atoms with Crippen LogP contribution in [-0.2, 0) is 0 Å². The molecule has 0 saturated carbocycles. The van der Waals surface area contributed by atoms with Crippen LogP contribution in [0.25, 0.3) is 120 Å². The summed E-state index contributed by atoms with van der Waals surface area (Å²) in [7, 11) is 0. The minimum Gasteiger partial charge on any atom is -0.309 e. The zero-order chi connectivity index (χ0) is 35.8. The number of thiophene rings is 1. The van der Waals surface area contributed by atoms with E-state index >= 15 is 0 Å². The highest BCUT2D eigenvalue weighted by atomic mass is 32.1. The number of nitrogens with zero attached hydrogens (tertiary/aromatic N) is 4. The van der Waals surface area contributed by atoms with E-state index in [1.807, 2.05) is 0 Å². The van der Waals surface area contributed by atoms with Crippen molar-refractivity contribution < 1.29 is 0 Å². The summed E-state index contributed by atoms with van der Waals surface area (Å²) in [6.07, 6.45) is 0. The summed E-state index contributed by atoms with van der Waals surface area (Å²) in [4.78, 5) is 12.2. The lowest BCUT2D eigenvalue weighted by Gasteiger charge is -2.14. The molecule has 0 bridgehead atoms. The Bertz CT molecular complexity index is 3510. The molecule has 4 aromatic heterocycles. The summed E-state index contributed by atoms with van der Waals surface area (Å²) in [6, 6.07) is 61.6. The van der Waals surface area contributed by atoms with Crippen molar-refractivity contribution in [2.75, 3.05) is 0 Å². The molecular weight excluding hydrogens is 689 g/mol. The highest BCUT2D eigenvalue weighted by molar-refractivity contribution is 7.25. The van der Waals surface area contributed by atoms with Crippen molar-refractivity contribution >= 4 is 86.0 Å².